The molecule has 65 heavy (non-hydrogen) atoms. The first-order valence-electron chi connectivity index (χ1n) is 26.8. The Morgan fingerprint density at radius 2 is 0.800 bits per heavy atom. The number of hydrogen-bond acceptors (Lipinski definition) is 8. The minimum absolute atomic E-state index is 0.0498. The predicted molar refractivity (Wildman–Crippen MR) is 275 cm³/mol. The van der Waals surface area contributed by atoms with Gasteiger partial charge < -0.3 is 20.1 Å². The molecule has 0 radical (unpaired) electrons. The molecule has 3 N–H and O–H groups in total. The second-order valence-corrected chi connectivity index (χ2v) is 19.2. The van der Waals surface area contributed by atoms with Crippen molar-refractivity contribution < 1.29 is 37.6 Å². The summed E-state index contributed by atoms with van der Waals surface area (Å²) in [5, 5.41) is 0. The van der Waals surface area contributed by atoms with Gasteiger partial charge in [-0.25, -0.2) is 4.57 Å². The lowest BCUT2D eigenvalue weighted by molar-refractivity contribution is -0.161. The van der Waals surface area contributed by atoms with Crippen molar-refractivity contribution >= 4 is 19.8 Å². The third-order valence-corrected chi connectivity index (χ3v) is 12.4. The van der Waals surface area contributed by atoms with Crippen LogP contribution >= 0.6 is 7.82 Å². The Balaban J connectivity index is 3.98. The molecule has 0 aromatic rings. The molecular formula is C55H100NO8P. The Morgan fingerprint density at radius 1 is 0.462 bits per heavy atom. The Bertz CT molecular complexity index is 1250. The van der Waals surface area contributed by atoms with Crippen LogP contribution in [-0.4, -0.2) is 49.3 Å². The van der Waals surface area contributed by atoms with Crippen molar-refractivity contribution in [2.24, 2.45) is 5.73 Å². The summed E-state index contributed by atoms with van der Waals surface area (Å²) in [4.78, 5) is 35.0. The van der Waals surface area contributed by atoms with Crippen LogP contribution in [0.15, 0.2) is 60.8 Å². The van der Waals surface area contributed by atoms with Crippen LogP contribution in [0.4, 0.5) is 0 Å². The van der Waals surface area contributed by atoms with Crippen molar-refractivity contribution in [1.82, 2.24) is 0 Å². The molecule has 0 rings (SSSR count). The minimum atomic E-state index is -4.39. The zero-order chi connectivity index (χ0) is 47.4. The van der Waals surface area contributed by atoms with Gasteiger partial charge in [0.2, 0.25) is 0 Å². The number of hydrogen-bond donors (Lipinski definition) is 2. The molecule has 0 aliphatic carbocycles. The van der Waals surface area contributed by atoms with E-state index < -0.39 is 32.5 Å². The van der Waals surface area contributed by atoms with E-state index in [4.69, 9.17) is 24.3 Å². The highest BCUT2D eigenvalue weighted by Gasteiger charge is 2.26. The van der Waals surface area contributed by atoms with Crippen LogP contribution in [0.3, 0.4) is 0 Å². The SMILES string of the molecule is CCCCC/C=C\C/C=C\CCCCCCCC(=O)OCC(COP(=O)(O)OCCN)OC(=O)CCCCCCCCCCCCCCCC/C=C\C/C=C\C/C=C\CCCCCCC. The normalized spacial score (nSPS) is 13.6. The Kier molecular flexibility index (Phi) is 49.3. The number of phosphoric acid groups is 1. The summed E-state index contributed by atoms with van der Waals surface area (Å²) in [6.45, 7) is 3.70. The largest absolute Gasteiger partial charge is 0.472 e. The maximum absolute atomic E-state index is 12.7. The molecule has 9 nitrogen and oxygen atoms in total. The summed E-state index contributed by atoms with van der Waals surface area (Å²) in [6.07, 6.45) is 62.7. The first-order chi connectivity index (χ1) is 31.8. The third-order valence-electron chi connectivity index (χ3n) is 11.4. The van der Waals surface area contributed by atoms with Crippen molar-refractivity contribution in [3.63, 3.8) is 0 Å². The molecule has 10 heteroatoms. The summed E-state index contributed by atoms with van der Waals surface area (Å²) in [6, 6.07) is 0. The summed E-state index contributed by atoms with van der Waals surface area (Å²) in [7, 11) is -4.39. The number of rotatable bonds is 50. The molecule has 378 valence electrons. The van der Waals surface area contributed by atoms with E-state index in [1.807, 2.05) is 0 Å². The average Bonchev–Trinajstić information content (AvgIpc) is 3.30. The fraction of sp³-hybridized carbons (Fsp3) is 0.782. The number of unbranched alkanes of at least 4 members (excludes halogenated alkanes) is 27. The van der Waals surface area contributed by atoms with Crippen LogP contribution in [-0.2, 0) is 32.7 Å². The fourth-order valence-corrected chi connectivity index (χ4v) is 8.14. The molecule has 0 fully saturated rings. The third kappa shape index (κ3) is 51.0. The van der Waals surface area contributed by atoms with Crippen LogP contribution in [0.5, 0.6) is 0 Å². The smallest absolute Gasteiger partial charge is 0.462 e. The van der Waals surface area contributed by atoms with E-state index in [0.29, 0.717) is 12.8 Å². The topological polar surface area (TPSA) is 134 Å². The van der Waals surface area contributed by atoms with Gasteiger partial charge in [-0.05, 0) is 83.5 Å². The zero-order valence-corrected chi connectivity index (χ0v) is 42.9. The number of nitrogens with two attached hydrogens (primary N) is 1. The summed E-state index contributed by atoms with van der Waals surface area (Å²) < 4.78 is 32.9. The highest BCUT2D eigenvalue weighted by molar-refractivity contribution is 7.47. The molecule has 0 aromatic heterocycles. The molecule has 0 saturated heterocycles. The quantitative estimate of drug-likeness (QED) is 0.0265. The van der Waals surface area contributed by atoms with Crippen LogP contribution in [0.25, 0.3) is 0 Å². The zero-order valence-electron chi connectivity index (χ0n) is 42.0. The molecule has 0 aliphatic heterocycles. The lowest BCUT2D eigenvalue weighted by atomic mass is 10.0. The van der Waals surface area contributed by atoms with Crippen LogP contribution in [0.1, 0.15) is 245 Å². The lowest BCUT2D eigenvalue weighted by Gasteiger charge is -2.19. The Hall–Kier alpha value is -2.29. The van der Waals surface area contributed by atoms with Crippen LogP contribution in [0.2, 0.25) is 0 Å². The second kappa shape index (κ2) is 51.1. The highest BCUT2D eigenvalue weighted by atomic mass is 31.2. The number of allylic oxidation sites excluding steroid dienone is 10. The first-order valence-corrected chi connectivity index (χ1v) is 28.3. The van der Waals surface area contributed by atoms with E-state index in [0.717, 1.165) is 70.6 Å². The molecule has 2 unspecified atom stereocenters. The molecule has 2 atom stereocenters. The maximum atomic E-state index is 12.7. The Labute approximate surface area is 399 Å². The summed E-state index contributed by atoms with van der Waals surface area (Å²) in [5.74, 6) is -0.841. The van der Waals surface area contributed by atoms with Gasteiger partial charge in [-0.2, -0.15) is 0 Å². The van der Waals surface area contributed by atoms with E-state index in [9.17, 15) is 19.0 Å². The predicted octanol–water partition coefficient (Wildman–Crippen LogP) is 16.4. The molecule has 0 aromatic carbocycles. The van der Waals surface area contributed by atoms with Crippen molar-refractivity contribution in [3.8, 4) is 0 Å². The van der Waals surface area contributed by atoms with Gasteiger partial charge >= 0.3 is 19.8 Å². The minimum Gasteiger partial charge on any atom is -0.462 e. The summed E-state index contributed by atoms with van der Waals surface area (Å²) in [5.41, 5.74) is 5.37. The van der Waals surface area contributed by atoms with Gasteiger partial charge in [0.25, 0.3) is 0 Å². The van der Waals surface area contributed by atoms with E-state index in [2.05, 4.69) is 74.6 Å². The van der Waals surface area contributed by atoms with Gasteiger partial charge in [0.1, 0.15) is 6.61 Å². The van der Waals surface area contributed by atoms with E-state index in [-0.39, 0.29) is 32.6 Å². The number of carbonyl (C=O) groups excluding carboxylic acids is 2. The van der Waals surface area contributed by atoms with Gasteiger partial charge in [0.05, 0.1) is 13.2 Å². The number of esters is 2. The molecule has 0 bridgehead atoms. The first kappa shape index (κ1) is 62.7. The molecule has 0 amide bonds. The van der Waals surface area contributed by atoms with Crippen molar-refractivity contribution in [2.75, 3.05) is 26.4 Å². The number of ether oxygens (including phenoxy) is 2. The monoisotopic (exact) mass is 934 g/mol. The Morgan fingerprint density at radius 3 is 1.22 bits per heavy atom. The van der Waals surface area contributed by atoms with Gasteiger partial charge in [0.15, 0.2) is 6.10 Å². The van der Waals surface area contributed by atoms with Crippen LogP contribution in [0, 0.1) is 0 Å². The molecule has 0 aliphatic rings. The number of phosphoric ester groups is 1. The highest BCUT2D eigenvalue weighted by Crippen LogP contribution is 2.43. The van der Waals surface area contributed by atoms with E-state index in [1.165, 1.54) is 135 Å². The lowest BCUT2D eigenvalue weighted by Crippen LogP contribution is -2.29. The van der Waals surface area contributed by atoms with Gasteiger partial charge in [-0.15, -0.1) is 0 Å². The van der Waals surface area contributed by atoms with Gasteiger partial charge in [-0.3, -0.25) is 18.6 Å². The standard InChI is InChI=1S/C55H100NO8P/c1-3-5-7-9-11-13-15-17-19-20-21-22-23-24-25-26-27-28-29-30-31-32-34-36-38-40-42-44-46-48-55(58)64-53(52-63-65(59,60)62-50-49-56)51-61-54(57)47-45-43-41-39-37-35-33-18-16-14-12-10-8-6-4-2/h12,14-15,17-18,20-21,23-24,33,53H,3-11,13,16,19,22,25-32,34-52,56H2,1-2H3,(H,59,60)/b14-12-,17-15-,21-20-,24-23-,33-18-. The molecule has 0 spiro atoms. The molecule has 0 saturated carbocycles. The van der Waals surface area contributed by atoms with Crippen molar-refractivity contribution in [3.05, 3.63) is 60.8 Å². The molecule has 0 heterocycles. The van der Waals surface area contributed by atoms with Crippen LogP contribution < -0.4 is 5.73 Å². The van der Waals surface area contributed by atoms with E-state index >= 15 is 0 Å². The maximum Gasteiger partial charge on any atom is 0.472 e. The summed E-state index contributed by atoms with van der Waals surface area (Å²) >= 11 is 0. The van der Waals surface area contributed by atoms with Crippen molar-refractivity contribution in [2.45, 2.75) is 251 Å². The van der Waals surface area contributed by atoms with Crippen molar-refractivity contribution in [1.29, 1.82) is 0 Å². The fourth-order valence-electron chi connectivity index (χ4n) is 7.38. The molecular weight excluding hydrogens is 834 g/mol. The van der Waals surface area contributed by atoms with Gasteiger partial charge in [-0.1, -0.05) is 209 Å². The second-order valence-electron chi connectivity index (χ2n) is 17.7. The van der Waals surface area contributed by atoms with E-state index in [1.54, 1.807) is 0 Å². The average molecular weight is 934 g/mol. The van der Waals surface area contributed by atoms with Gasteiger partial charge in [0, 0.05) is 19.4 Å². The number of carbonyl (C=O) groups is 2.